The Morgan fingerprint density at radius 1 is 1.24 bits per heavy atom. The summed E-state index contributed by atoms with van der Waals surface area (Å²) in [4.78, 5) is 19.1. The second-order valence-corrected chi connectivity index (χ2v) is 4.18. The van der Waals surface area contributed by atoms with Gasteiger partial charge < -0.3 is 10.3 Å². The van der Waals surface area contributed by atoms with E-state index in [0.717, 1.165) is 17.0 Å². The lowest BCUT2D eigenvalue weighted by atomic mass is 10.2. The predicted molar refractivity (Wildman–Crippen MR) is 67.2 cm³/mol. The van der Waals surface area contributed by atoms with Crippen LogP contribution in [0.1, 0.15) is 27.4 Å². The normalized spacial score (nSPS) is 10.3. The van der Waals surface area contributed by atoms with Crippen molar-refractivity contribution >= 4 is 11.7 Å². The predicted octanol–water partition coefficient (Wildman–Crippen LogP) is 2.59. The molecule has 0 fully saturated rings. The minimum atomic E-state index is -0.171. The topological polar surface area (TPSA) is 57.8 Å². The number of aromatic amines is 1. The van der Waals surface area contributed by atoms with E-state index in [0.29, 0.717) is 11.5 Å². The molecule has 0 spiro atoms. The average Bonchev–Trinajstić information content (AvgIpc) is 2.63. The third-order valence-corrected chi connectivity index (χ3v) is 2.42. The average molecular weight is 229 g/mol. The Morgan fingerprint density at radius 3 is 2.59 bits per heavy atom. The van der Waals surface area contributed by atoms with Crippen LogP contribution in [0.3, 0.4) is 0 Å². The molecule has 2 heterocycles. The van der Waals surface area contributed by atoms with Gasteiger partial charge >= 0.3 is 0 Å². The monoisotopic (exact) mass is 229 g/mol. The molecule has 2 aromatic rings. The number of carbonyl (C=O) groups is 1. The van der Waals surface area contributed by atoms with E-state index in [1.807, 2.05) is 39.0 Å². The molecule has 0 bridgehead atoms. The summed E-state index contributed by atoms with van der Waals surface area (Å²) in [7, 11) is 0. The highest BCUT2D eigenvalue weighted by Crippen LogP contribution is 2.10. The minimum absolute atomic E-state index is 0.171. The number of rotatable bonds is 2. The molecule has 4 heteroatoms. The molecule has 2 rings (SSSR count). The van der Waals surface area contributed by atoms with Gasteiger partial charge in [0, 0.05) is 11.4 Å². The molecule has 0 unspecified atom stereocenters. The van der Waals surface area contributed by atoms with Gasteiger partial charge in [0.2, 0.25) is 0 Å². The first-order valence-corrected chi connectivity index (χ1v) is 5.47. The van der Waals surface area contributed by atoms with Crippen molar-refractivity contribution < 1.29 is 4.79 Å². The van der Waals surface area contributed by atoms with Crippen LogP contribution in [0.15, 0.2) is 24.3 Å². The lowest BCUT2D eigenvalue weighted by Gasteiger charge is -2.05. The van der Waals surface area contributed by atoms with Gasteiger partial charge in [-0.3, -0.25) is 4.79 Å². The van der Waals surface area contributed by atoms with E-state index in [1.54, 1.807) is 6.07 Å². The van der Waals surface area contributed by atoms with Gasteiger partial charge in [-0.2, -0.15) is 0 Å². The fourth-order valence-corrected chi connectivity index (χ4v) is 1.73. The molecule has 2 aromatic heterocycles. The fourth-order valence-electron chi connectivity index (χ4n) is 1.73. The molecular weight excluding hydrogens is 214 g/mol. The highest BCUT2D eigenvalue weighted by atomic mass is 16.1. The van der Waals surface area contributed by atoms with Gasteiger partial charge in [0.25, 0.3) is 5.91 Å². The maximum atomic E-state index is 11.9. The highest BCUT2D eigenvalue weighted by molar-refractivity contribution is 6.02. The van der Waals surface area contributed by atoms with E-state index in [9.17, 15) is 4.79 Å². The van der Waals surface area contributed by atoms with Gasteiger partial charge in [0.15, 0.2) is 0 Å². The number of aromatic nitrogens is 2. The smallest absolute Gasteiger partial charge is 0.273 e. The lowest BCUT2D eigenvalue weighted by Crippen LogP contribution is -2.13. The van der Waals surface area contributed by atoms with Crippen LogP contribution in [0.2, 0.25) is 0 Å². The maximum absolute atomic E-state index is 11.9. The summed E-state index contributed by atoms with van der Waals surface area (Å²) in [6.07, 6.45) is 0. The quantitative estimate of drug-likeness (QED) is 0.831. The lowest BCUT2D eigenvalue weighted by molar-refractivity contribution is 0.102. The van der Waals surface area contributed by atoms with Crippen LogP contribution in [0.25, 0.3) is 0 Å². The Balaban J connectivity index is 2.18. The molecule has 0 radical (unpaired) electrons. The molecule has 17 heavy (non-hydrogen) atoms. The summed E-state index contributed by atoms with van der Waals surface area (Å²) in [5.41, 5.74) is 3.48. The highest BCUT2D eigenvalue weighted by Gasteiger charge is 2.08. The summed E-state index contributed by atoms with van der Waals surface area (Å²) in [6, 6.07) is 7.44. The number of hydrogen-bond donors (Lipinski definition) is 2. The van der Waals surface area contributed by atoms with Crippen molar-refractivity contribution in [1.82, 2.24) is 9.97 Å². The number of amides is 1. The maximum Gasteiger partial charge on any atom is 0.273 e. The molecule has 0 aliphatic carbocycles. The van der Waals surface area contributed by atoms with E-state index in [4.69, 9.17) is 0 Å². The minimum Gasteiger partial charge on any atom is -0.355 e. The van der Waals surface area contributed by atoms with Crippen LogP contribution >= 0.6 is 0 Å². The summed E-state index contributed by atoms with van der Waals surface area (Å²) >= 11 is 0. The molecule has 88 valence electrons. The molecule has 0 atom stereocenters. The number of carbonyl (C=O) groups excluding carboxylic acids is 1. The number of nitrogens with zero attached hydrogens (tertiary/aromatic N) is 1. The van der Waals surface area contributed by atoms with Gasteiger partial charge in [0.1, 0.15) is 11.5 Å². The zero-order valence-electron chi connectivity index (χ0n) is 10.2. The Bertz CT molecular complexity index is 537. The largest absolute Gasteiger partial charge is 0.355 e. The summed E-state index contributed by atoms with van der Waals surface area (Å²) < 4.78 is 0. The van der Waals surface area contributed by atoms with E-state index in [2.05, 4.69) is 15.3 Å². The van der Waals surface area contributed by atoms with Crippen molar-refractivity contribution in [2.45, 2.75) is 20.8 Å². The zero-order valence-corrected chi connectivity index (χ0v) is 10.2. The van der Waals surface area contributed by atoms with Crippen LogP contribution < -0.4 is 5.32 Å². The van der Waals surface area contributed by atoms with Crippen LogP contribution in [0.4, 0.5) is 5.82 Å². The number of nitrogens with one attached hydrogen (secondary N) is 2. The van der Waals surface area contributed by atoms with Gasteiger partial charge in [-0.15, -0.1) is 0 Å². The van der Waals surface area contributed by atoms with Crippen LogP contribution in [0.5, 0.6) is 0 Å². The summed E-state index contributed by atoms with van der Waals surface area (Å²) in [5, 5.41) is 2.77. The van der Waals surface area contributed by atoms with Gasteiger partial charge in [-0.05, 0) is 50.6 Å². The Labute approximate surface area is 100 Å². The van der Waals surface area contributed by atoms with Crippen molar-refractivity contribution in [2.75, 3.05) is 5.32 Å². The molecule has 2 N–H and O–H groups in total. The first kappa shape index (κ1) is 11.4. The Kier molecular flexibility index (Phi) is 2.95. The fraction of sp³-hybridized carbons (Fsp3) is 0.231. The third kappa shape index (κ3) is 2.72. The van der Waals surface area contributed by atoms with E-state index < -0.39 is 0 Å². The number of aryl methyl sites for hydroxylation is 3. The number of pyridine rings is 1. The molecule has 0 aliphatic heterocycles. The molecular formula is C13H15N3O. The van der Waals surface area contributed by atoms with Crippen molar-refractivity contribution in [3.8, 4) is 0 Å². The van der Waals surface area contributed by atoms with Crippen molar-refractivity contribution in [3.63, 3.8) is 0 Å². The first-order valence-electron chi connectivity index (χ1n) is 5.47. The van der Waals surface area contributed by atoms with E-state index in [-0.39, 0.29) is 5.91 Å². The first-order chi connectivity index (χ1) is 8.04. The van der Waals surface area contributed by atoms with Gasteiger partial charge in [-0.1, -0.05) is 0 Å². The summed E-state index contributed by atoms with van der Waals surface area (Å²) in [5.74, 6) is 0.412. The van der Waals surface area contributed by atoms with Crippen LogP contribution in [-0.4, -0.2) is 15.9 Å². The number of hydrogen-bond acceptors (Lipinski definition) is 2. The number of H-pyrrole nitrogens is 1. The Hall–Kier alpha value is -2.10. The van der Waals surface area contributed by atoms with Crippen molar-refractivity contribution in [3.05, 3.63) is 46.9 Å². The molecule has 0 saturated carbocycles. The molecule has 1 amide bonds. The molecule has 0 saturated heterocycles. The SMILES string of the molecule is Cc1cc(C)nc(NC(=O)c2ccc(C)[nH]2)c1. The Morgan fingerprint density at radius 2 is 2.00 bits per heavy atom. The van der Waals surface area contributed by atoms with Crippen molar-refractivity contribution in [1.29, 1.82) is 0 Å². The van der Waals surface area contributed by atoms with Crippen molar-refractivity contribution in [2.24, 2.45) is 0 Å². The molecule has 0 aromatic carbocycles. The van der Waals surface area contributed by atoms with Crippen LogP contribution in [-0.2, 0) is 0 Å². The molecule has 4 nitrogen and oxygen atoms in total. The zero-order chi connectivity index (χ0) is 12.4. The van der Waals surface area contributed by atoms with Gasteiger partial charge in [-0.25, -0.2) is 4.98 Å². The van der Waals surface area contributed by atoms with E-state index in [1.165, 1.54) is 0 Å². The standard InChI is InChI=1S/C13H15N3O/c1-8-6-10(3)15-12(7-8)16-13(17)11-5-4-9(2)14-11/h4-7,14H,1-3H3,(H,15,16,17). The van der Waals surface area contributed by atoms with E-state index >= 15 is 0 Å². The second kappa shape index (κ2) is 4.41. The van der Waals surface area contributed by atoms with Crippen LogP contribution in [0, 0.1) is 20.8 Å². The number of anilines is 1. The second-order valence-electron chi connectivity index (χ2n) is 4.18. The summed E-state index contributed by atoms with van der Waals surface area (Å²) in [6.45, 7) is 5.79. The van der Waals surface area contributed by atoms with Gasteiger partial charge in [0.05, 0.1) is 0 Å². The molecule has 0 aliphatic rings. The third-order valence-electron chi connectivity index (χ3n) is 2.42.